The number of ether oxygens (including phenoxy) is 2. The summed E-state index contributed by atoms with van der Waals surface area (Å²) in [4.78, 5) is 0. The first kappa shape index (κ1) is 8.34. The number of allylic oxidation sites excluding steroid dienone is 2. The highest BCUT2D eigenvalue weighted by molar-refractivity contribution is 4.97. The summed E-state index contributed by atoms with van der Waals surface area (Å²) in [6, 6.07) is 0. The molecule has 1 aliphatic heterocycles. The largest absolute Gasteiger partial charge is 0.459 e. The SMILES string of the molecule is CC.CC1=C(C)OCO1. The van der Waals surface area contributed by atoms with Crippen LogP contribution in [0.5, 0.6) is 0 Å². The Morgan fingerprint density at radius 3 is 1.44 bits per heavy atom. The second-order valence-electron chi connectivity index (χ2n) is 1.52. The Hall–Kier alpha value is -0.660. The Kier molecular flexibility index (Phi) is 3.93. The molecule has 2 heteroatoms. The summed E-state index contributed by atoms with van der Waals surface area (Å²) in [5.41, 5.74) is 0. The summed E-state index contributed by atoms with van der Waals surface area (Å²) in [6.07, 6.45) is 0. The van der Waals surface area contributed by atoms with Crippen LogP contribution >= 0.6 is 0 Å². The van der Waals surface area contributed by atoms with Crippen LogP contribution in [0, 0.1) is 0 Å². The predicted molar refractivity (Wildman–Crippen MR) is 36.8 cm³/mol. The van der Waals surface area contributed by atoms with E-state index in [1.807, 2.05) is 27.7 Å². The lowest BCUT2D eigenvalue weighted by molar-refractivity contribution is 0.0724. The molecule has 0 N–H and O–H groups in total. The van der Waals surface area contributed by atoms with Gasteiger partial charge in [0.2, 0.25) is 6.79 Å². The predicted octanol–water partition coefficient (Wildman–Crippen LogP) is 2.27. The summed E-state index contributed by atoms with van der Waals surface area (Å²) in [5.74, 6) is 1.81. The van der Waals surface area contributed by atoms with Crippen molar-refractivity contribution in [2.75, 3.05) is 6.79 Å². The maximum absolute atomic E-state index is 4.92. The van der Waals surface area contributed by atoms with Gasteiger partial charge in [-0.05, 0) is 13.8 Å². The molecule has 54 valence electrons. The van der Waals surface area contributed by atoms with Gasteiger partial charge >= 0.3 is 0 Å². The van der Waals surface area contributed by atoms with Crippen molar-refractivity contribution in [1.29, 1.82) is 0 Å². The fourth-order valence-electron chi connectivity index (χ4n) is 0.410. The molecule has 0 aliphatic carbocycles. The molecule has 0 amide bonds. The van der Waals surface area contributed by atoms with Crippen molar-refractivity contribution >= 4 is 0 Å². The summed E-state index contributed by atoms with van der Waals surface area (Å²) in [5, 5.41) is 0. The molecule has 0 fully saturated rings. The van der Waals surface area contributed by atoms with Crippen molar-refractivity contribution in [2.24, 2.45) is 0 Å². The van der Waals surface area contributed by atoms with Crippen LogP contribution in [0.3, 0.4) is 0 Å². The topological polar surface area (TPSA) is 18.5 Å². The lowest BCUT2D eigenvalue weighted by Gasteiger charge is -1.87. The molecule has 1 rings (SSSR count). The second kappa shape index (κ2) is 4.24. The Bertz CT molecular complexity index is 93.5. The quantitative estimate of drug-likeness (QED) is 0.500. The molecule has 0 saturated carbocycles. The van der Waals surface area contributed by atoms with E-state index in [-0.39, 0.29) is 0 Å². The van der Waals surface area contributed by atoms with Crippen LogP contribution in [-0.4, -0.2) is 6.79 Å². The van der Waals surface area contributed by atoms with Gasteiger partial charge in [-0.1, -0.05) is 13.8 Å². The van der Waals surface area contributed by atoms with E-state index in [1.54, 1.807) is 0 Å². The Morgan fingerprint density at radius 2 is 1.33 bits per heavy atom. The Morgan fingerprint density at radius 1 is 1.00 bits per heavy atom. The first-order valence-electron chi connectivity index (χ1n) is 3.24. The normalized spacial score (nSPS) is 15.6. The zero-order chi connectivity index (χ0) is 7.28. The van der Waals surface area contributed by atoms with E-state index in [4.69, 9.17) is 9.47 Å². The van der Waals surface area contributed by atoms with Gasteiger partial charge in [0.05, 0.1) is 0 Å². The zero-order valence-corrected chi connectivity index (χ0v) is 6.52. The monoisotopic (exact) mass is 130 g/mol. The third kappa shape index (κ3) is 2.40. The fraction of sp³-hybridized carbons (Fsp3) is 0.714. The van der Waals surface area contributed by atoms with Gasteiger partial charge in [0.25, 0.3) is 0 Å². The van der Waals surface area contributed by atoms with Gasteiger partial charge in [0.15, 0.2) is 0 Å². The lowest BCUT2D eigenvalue weighted by Crippen LogP contribution is -1.79. The van der Waals surface area contributed by atoms with Crippen molar-refractivity contribution in [3.05, 3.63) is 11.5 Å². The molecular weight excluding hydrogens is 116 g/mol. The summed E-state index contributed by atoms with van der Waals surface area (Å²) in [6.45, 7) is 8.18. The van der Waals surface area contributed by atoms with Crippen molar-refractivity contribution < 1.29 is 9.47 Å². The fourth-order valence-corrected chi connectivity index (χ4v) is 0.410. The van der Waals surface area contributed by atoms with Crippen molar-refractivity contribution in [2.45, 2.75) is 27.7 Å². The standard InChI is InChI=1S/C5H8O2.C2H6/c1-4-5(2)7-3-6-4;1-2/h3H2,1-2H3;1-2H3. The van der Waals surface area contributed by atoms with Gasteiger partial charge in [-0.3, -0.25) is 0 Å². The average Bonchev–Trinajstić information content (AvgIpc) is 2.23. The van der Waals surface area contributed by atoms with Crippen molar-refractivity contribution in [3.8, 4) is 0 Å². The highest BCUT2D eigenvalue weighted by Crippen LogP contribution is 2.12. The van der Waals surface area contributed by atoms with Crippen molar-refractivity contribution in [3.63, 3.8) is 0 Å². The van der Waals surface area contributed by atoms with Gasteiger partial charge in [-0.25, -0.2) is 0 Å². The van der Waals surface area contributed by atoms with E-state index in [1.165, 1.54) is 0 Å². The van der Waals surface area contributed by atoms with E-state index in [0.29, 0.717) is 6.79 Å². The van der Waals surface area contributed by atoms with Crippen LogP contribution in [-0.2, 0) is 9.47 Å². The van der Waals surface area contributed by atoms with E-state index in [0.717, 1.165) is 11.5 Å². The molecule has 0 aromatic heterocycles. The third-order valence-electron chi connectivity index (χ3n) is 1.05. The Labute approximate surface area is 56.5 Å². The van der Waals surface area contributed by atoms with Crippen LogP contribution in [0.2, 0.25) is 0 Å². The maximum atomic E-state index is 4.92. The molecule has 1 heterocycles. The van der Waals surface area contributed by atoms with E-state index >= 15 is 0 Å². The first-order valence-corrected chi connectivity index (χ1v) is 3.24. The van der Waals surface area contributed by atoms with Crippen LogP contribution in [0.25, 0.3) is 0 Å². The minimum Gasteiger partial charge on any atom is -0.459 e. The molecule has 0 spiro atoms. The molecule has 0 unspecified atom stereocenters. The third-order valence-corrected chi connectivity index (χ3v) is 1.05. The molecule has 0 atom stereocenters. The average molecular weight is 130 g/mol. The van der Waals surface area contributed by atoms with Crippen LogP contribution in [0.4, 0.5) is 0 Å². The lowest BCUT2D eigenvalue weighted by atomic mass is 10.5. The Balaban J connectivity index is 0.000000291. The molecule has 0 aromatic carbocycles. The van der Waals surface area contributed by atoms with Gasteiger partial charge in [0.1, 0.15) is 11.5 Å². The van der Waals surface area contributed by atoms with Gasteiger partial charge in [-0.2, -0.15) is 0 Å². The van der Waals surface area contributed by atoms with E-state index < -0.39 is 0 Å². The molecule has 0 bridgehead atoms. The molecule has 0 saturated heterocycles. The molecule has 2 nitrogen and oxygen atoms in total. The molecule has 1 aliphatic rings. The van der Waals surface area contributed by atoms with Gasteiger partial charge in [0, 0.05) is 0 Å². The smallest absolute Gasteiger partial charge is 0.230 e. The van der Waals surface area contributed by atoms with Crippen LogP contribution in [0.15, 0.2) is 11.5 Å². The second-order valence-corrected chi connectivity index (χ2v) is 1.52. The number of hydrogen-bond donors (Lipinski definition) is 0. The van der Waals surface area contributed by atoms with Crippen LogP contribution < -0.4 is 0 Å². The maximum Gasteiger partial charge on any atom is 0.230 e. The van der Waals surface area contributed by atoms with E-state index in [9.17, 15) is 0 Å². The summed E-state index contributed by atoms with van der Waals surface area (Å²) in [7, 11) is 0. The van der Waals surface area contributed by atoms with E-state index in [2.05, 4.69) is 0 Å². The first-order chi connectivity index (χ1) is 4.30. The highest BCUT2D eigenvalue weighted by atomic mass is 16.7. The van der Waals surface area contributed by atoms with Gasteiger partial charge < -0.3 is 9.47 Å². The van der Waals surface area contributed by atoms with Crippen LogP contribution in [0.1, 0.15) is 27.7 Å². The minimum atomic E-state index is 0.400. The minimum absolute atomic E-state index is 0.400. The molecule has 0 aromatic rings. The molecule has 0 radical (unpaired) electrons. The highest BCUT2D eigenvalue weighted by Gasteiger charge is 2.05. The zero-order valence-electron chi connectivity index (χ0n) is 6.52. The number of rotatable bonds is 0. The number of hydrogen-bond acceptors (Lipinski definition) is 2. The molecular formula is C7H14O2. The van der Waals surface area contributed by atoms with Crippen molar-refractivity contribution in [1.82, 2.24) is 0 Å². The summed E-state index contributed by atoms with van der Waals surface area (Å²) >= 11 is 0. The van der Waals surface area contributed by atoms with Gasteiger partial charge in [-0.15, -0.1) is 0 Å². The summed E-state index contributed by atoms with van der Waals surface area (Å²) < 4.78 is 9.84. The molecule has 9 heavy (non-hydrogen) atoms.